The van der Waals surface area contributed by atoms with Crippen LogP contribution in [0.25, 0.3) is 0 Å². The number of Topliss-reactive ketones (excluding diaryl/α,β-unsaturated/α-hetero) is 1. The Morgan fingerprint density at radius 1 is 0.967 bits per heavy atom. The van der Waals surface area contributed by atoms with E-state index in [9.17, 15) is 14.4 Å². The second-order valence-electron chi connectivity index (χ2n) is 8.30. The van der Waals surface area contributed by atoms with Crippen molar-refractivity contribution >= 4 is 23.3 Å². The summed E-state index contributed by atoms with van der Waals surface area (Å²) in [5, 5.41) is 0. The van der Waals surface area contributed by atoms with E-state index in [2.05, 4.69) is 0 Å². The van der Waals surface area contributed by atoms with Gasteiger partial charge in [0, 0.05) is 5.56 Å². The van der Waals surface area contributed by atoms with E-state index in [0.717, 1.165) is 19.3 Å². The normalized spacial score (nSPS) is 26.8. The van der Waals surface area contributed by atoms with E-state index in [4.69, 9.17) is 9.47 Å². The topological polar surface area (TPSA) is 72.9 Å². The van der Waals surface area contributed by atoms with Gasteiger partial charge in [0.25, 0.3) is 0 Å². The zero-order valence-corrected chi connectivity index (χ0v) is 16.7. The molecule has 0 aromatic heterocycles. The van der Waals surface area contributed by atoms with Gasteiger partial charge in [0.05, 0.1) is 24.6 Å². The molecule has 2 aromatic carbocycles. The second-order valence-corrected chi connectivity index (χ2v) is 8.30. The van der Waals surface area contributed by atoms with Crippen LogP contribution in [-0.4, -0.2) is 31.3 Å². The summed E-state index contributed by atoms with van der Waals surface area (Å²) in [5.74, 6) is 0.885. The number of hydrogen-bond donors (Lipinski definition) is 0. The third-order valence-corrected chi connectivity index (χ3v) is 6.80. The predicted octanol–water partition coefficient (Wildman–Crippen LogP) is 3.49. The van der Waals surface area contributed by atoms with Crippen LogP contribution in [0.4, 0.5) is 5.69 Å². The fourth-order valence-electron chi connectivity index (χ4n) is 5.41. The number of hydrogen-bond acceptors (Lipinski definition) is 5. The summed E-state index contributed by atoms with van der Waals surface area (Å²) in [4.78, 5) is 40.1. The Hall–Kier alpha value is -3.15. The number of carbonyl (C=O) groups excluding carboxylic acids is 3. The van der Waals surface area contributed by atoms with Gasteiger partial charge in [0.1, 0.15) is 11.5 Å². The Morgan fingerprint density at radius 3 is 2.23 bits per heavy atom. The van der Waals surface area contributed by atoms with Crippen molar-refractivity contribution in [1.29, 1.82) is 0 Å². The number of carbonyl (C=O) groups is 3. The summed E-state index contributed by atoms with van der Waals surface area (Å²) in [6, 6.07) is 13.8. The summed E-state index contributed by atoms with van der Waals surface area (Å²) in [6.07, 6.45) is 3.07. The maximum absolute atomic E-state index is 13.1. The Morgan fingerprint density at radius 2 is 1.60 bits per heavy atom. The minimum atomic E-state index is -0.193. The van der Waals surface area contributed by atoms with Gasteiger partial charge in [0.15, 0.2) is 12.4 Å². The van der Waals surface area contributed by atoms with Crippen molar-refractivity contribution in [3.8, 4) is 11.5 Å². The van der Waals surface area contributed by atoms with Gasteiger partial charge >= 0.3 is 0 Å². The first-order chi connectivity index (χ1) is 14.6. The van der Waals surface area contributed by atoms with E-state index >= 15 is 0 Å². The Kier molecular flexibility index (Phi) is 4.57. The highest BCUT2D eigenvalue weighted by Crippen LogP contribution is 2.57. The van der Waals surface area contributed by atoms with E-state index < -0.39 is 0 Å². The Bertz CT molecular complexity index is 987. The zero-order chi connectivity index (χ0) is 20.8. The third-order valence-electron chi connectivity index (χ3n) is 6.80. The number of imide groups is 1. The number of methoxy groups -OCH3 is 1. The van der Waals surface area contributed by atoms with Crippen LogP contribution in [0.3, 0.4) is 0 Å². The molecule has 0 radical (unpaired) electrons. The molecule has 1 saturated heterocycles. The van der Waals surface area contributed by atoms with Crippen molar-refractivity contribution in [2.24, 2.45) is 23.7 Å². The lowest BCUT2D eigenvalue weighted by molar-refractivity contribution is -0.123. The van der Waals surface area contributed by atoms with Gasteiger partial charge in [-0.25, -0.2) is 4.90 Å². The molecule has 6 nitrogen and oxygen atoms in total. The molecule has 2 aliphatic carbocycles. The number of para-hydroxylation sites is 2. The van der Waals surface area contributed by atoms with Crippen LogP contribution < -0.4 is 14.4 Å². The average Bonchev–Trinajstić information content (AvgIpc) is 3.46. The number of ketones is 1. The lowest BCUT2D eigenvalue weighted by atomic mass is 9.81. The molecule has 1 aliphatic heterocycles. The van der Waals surface area contributed by atoms with Crippen molar-refractivity contribution in [2.45, 2.75) is 19.3 Å². The van der Waals surface area contributed by atoms with Crippen LogP contribution in [0.15, 0.2) is 48.5 Å². The van der Waals surface area contributed by atoms with Gasteiger partial charge in [-0.1, -0.05) is 12.1 Å². The smallest absolute Gasteiger partial charge is 0.238 e. The van der Waals surface area contributed by atoms with Crippen LogP contribution >= 0.6 is 0 Å². The van der Waals surface area contributed by atoms with Crippen molar-refractivity contribution in [1.82, 2.24) is 0 Å². The van der Waals surface area contributed by atoms with E-state index in [0.29, 0.717) is 34.6 Å². The van der Waals surface area contributed by atoms with Crippen molar-refractivity contribution in [2.75, 3.05) is 18.6 Å². The van der Waals surface area contributed by atoms with Crippen LogP contribution in [0.1, 0.15) is 29.6 Å². The first-order valence-electron chi connectivity index (χ1n) is 10.4. The van der Waals surface area contributed by atoms with Gasteiger partial charge in [0.2, 0.25) is 11.8 Å². The molecule has 5 rings (SSSR count). The van der Waals surface area contributed by atoms with Crippen LogP contribution in [-0.2, 0) is 9.59 Å². The van der Waals surface area contributed by atoms with E-state index in [1.165, 1.54) is 4.90 Å². The third kappa shape index (κ3) is 2.90. The molecule has 0 N–H and O–H groups in total. The molecular weight excluding hydrogens is 382 g/mol. The van der Waals surface area contributed by atoms with Crippen molar-refractivity contribution < 1.29 is 23.9 Å². The van der Waals surface area contributed by atoms with Gasteiger partial charge in [-0.2, -0.15) is 0 Å². The standard InChI is InChI=1S/C24H23NO5/c1-29-17-10-8-14(9-11-17)19(26)13-30-20-5-3-2-4-18(20)25-23(27)21-15-6-7-16(12-15)22(21)24(25)28/h2-5,8-11,15-16,21-22H,6-7,12-13H2,1H3/t15-,16+,21+,22-. The Balaban J connectivity index is 1.35. The Labute approximate surface area is 174 Å². The zero-order valence-electron chi connectivity index (χ0n) is 16.7. The van der Waals surface area contributed by atoms with E-state index in [1.807, 2.05) is 0 Å². The molecule has 154 valence electrons. The molecule has 0 spiro atoms. The number of benzene rings is 2. The molecule has 0 unspecified atom stereocenters. The number of anilines is 1. The SMILES string of the molecule is COc1ccc(C(=O)COc2ccccc2N2C(=O)[C@@H]3[C@H]4CC[C@H](C4)[C@@H]3C2=O)cc1. The van der Waals surface area contributed by atoms with Crippen LogP contribution in [0.2, 0.25) is 0 Å². The number of amides is 2. The maximum Gasteiger partial charge on any atom is 0.238 e. The number of fused-ring (bicyclic) bond motifs is 5. The van der Waals surface area contributed by atoms with Crippen molar-refractivity contribution in [3.63, 3.8) is 0 Å². The average molecular weight is 405 g/mol. The molecule has 2 bridgehead atoms. The molecule has 1 heterocycles. The largest absolute Gasteiger partial charge is 0.497 e. The number of nitrogens with zero attached hydrogens (tertiary/aromatic N) is 1. The van der Waals surface area contributed by atoms with E-state index in [-0.39, 0.29) is 36.0 Å². The summed E-state index contributed by atoms with van der Waals surface area (Å²) >= 11 is 0. The molecule has 2 amide bonds. The fraction of sp³-hybridized carbons (Fsp3) is 0.375. The highest BCUT2D eigenvalue weighted by atomic mass is 16.5. The van der Waals surface area contributed by atoms with Gasteiger partial charge in [-0.3, -0.25) is 14.4 Å². The lowest BCUT2D eigenvalue weighted by Crippen LogP contribution is -2.33. The lowest BCUT2D eigenvalue weighted by Gasteiger charge is -2.20. The summed E-state index contributed by atoms with van der Waals surface area (Å²) in [5.41, 5.74) is 0.941. The summed E-state index contributed by atoms with van der Waals surface area (Å²) < 4.78 is 10.9. The summed E-state index contributed by atoms with van der Waals surface area (Å²) in [7, 11) is 1.57. The molecule has 4 atom stereocenters. The number of rotatable bonds is 6. The highest BCUT2D eigenvalue weighted by Gasteiger charge is 2.61. The number of ether oxygens (including phenoxy) is 2. The molecule has 2 aromatic rings. The highest BCUT2D eigenvalue weighted by molar-refractivity contribution is 6.23. The molecule has 6 heteroatoms. The van der Waals surface area contributed by atoms with Crippen molar-refractivity contribution in [3.05, 3.63) is 54.1 Å². The van der Waals surface area contributed by atoms with Crippen LogP contribution in [0, 0.1) is 23.7 Å². The van der Waals surface area contributed by atoms with E-state index in [1.54, 1.807) is 55.6 Å². The fourth-order valence-corrected chi connectivity index (χ4v) is 5.41. The monoisotopic (exact) mass is 405 g/mol. The molecule has 30 heavy (non-hydrogen) atoms. The van der Waals surface area contributed by atoms with Gasteiger partial charge in [-0.15, -0.1) is 0 Å². The van der Waals surface area contributed by atoms with Gasteiger partial charge < -0.3 is 9.47 Å². The molecule has 3 aliphatic rings. The second kappa shape index (κ2) is 7.27. The first kappa shape index (κ1) is 18.9. The minimum Gasteiger partial charge on any atom is -0.497 e. The van der Waals surface area contributed by atoms with Gasteiger partial charge in [-0.05, 0) is 67.5 Å². The summed E-state index contributed by atoms with van der Waals surface area (Å²) in [6.45, 7) is -0.183. The molecule has 3 fully saturated rings. The minimum absolute atomic E-state index is 0.116. The maximum atomic E-state index is 13.1. The predicted molar refractivity (Wildman–Crippen MR) is 110 cm³/mol. The first-order valence-corrected chi connectivity index (χ1v) is 10.4. The van der Waals surface area contributed by atoms with Crippen LogP contribution in [0.5, 0.6) is 11.5 Å². The molecular formula is C24H23NO5. The quantitative estimate of drug-likeness (QED) is 0.543. The molecule has 2 saturated carbocycles.